The molecule has 196 valence electrons. The highest BCUT2D eigenvalue weighted by Gasteiger charge is 2.59. The fraction of sp³-hybridized carbons (Fsp3) is 0.806. The van der Waals surface area contributed by atoms with Gasteiger partial charge in [-0.25, -0.2) is 9.59 Å². The Hall–Kier alpha value is -1.58. The van der Waals surface area contributed by atoms with Crippen molar-refractivity contribution in [1.82, 2.24) is 0 Å². The number of hydrogen-bond donors (Lipinski definition) is 1. The van der Waals surface area contributed by atoms with Gasteiger partial charge in [0.25, 0.3) is 0 Å². The highest BCUT2D eigenvalue weighted by molar-refractivity contribution is 5.90. The van der Waals surface area contributed by atoms with Gasteiger partial charge in [0.15, 0.2) is 0 Å². The van der Waals surface area contributed by atoms with Crippen LogP contribution in [0.2, 0.25) is 0 Å². The summed E-state index contributed by atoms with van der Waals surface area (Å²) in [5, 5.41) is 8.75. The van der Waals surface area contributed by atoms with E-state index in [2.05, 4.69) is 40.7 Å². The minimum atomic E-state index is -1.12. The third kappa shape index (κ3) is 5.27. The van der Waals surface area contributed by atoms with Crippen molar-refractivity contribution in [3.8, 4) is 0 Å². The van der Waals surface area contributed by atoms with Crippen LogP contribution in [0.25, 0.3) is 0 Å². The van der Waals surface area contributed by atoms with E-state index in [0.717, 1.165) is 66.9 Å². The summed E-state index contributed by atoms with van der Waals surface area (Å²) in [6, 6.07) is 0. The summed E-state index contributed by atoms with van der Waals surface area (Å²) in [7, 11) is 0. The fourth-order valence-electron chi connectivity index (χ4n) is 9.10. The van der Waals surface area contributed by atoms with Crippen LogP contribution in [0.15, 0.2) is 23.8 Å². The van der Waals surface area contributed by atoms with Crippen LogP contribution in [0, 0.1) is 46.3 Å². The average molecular weight is 485 g/mol. The molecule has 4 rings (SSSR count). The molecule has 35 heavy (non-hydrogen) atoms. The van der Waals surface area contributed by atoms with Crippen LogP contribution in [0.3, 0.4) is 0 Å². The number of carbonyl (C=O) groups excluding carboxylic acids is 1. The van der Waals surface area contributed by atoms with Gasteiger partial charge in [0.1, 0.15) is 6.10 Å². The van der Waals surface area contributed by atoms with E-state index in [1.807, 2.05) is 0 Å². The molecule has 0 amide bonds. The second-order valence-corrected chi connectivity index (χ2v) is 13.3. The lowest BCUT2D eigenvalue weighted by Crippen LogP contribution is -2.51. The van der Waals surface area contributed by atoms with Crippen LogP contribution in [0.5, 0.6) is 0 Å². The Balaban J connectivity index is 1.42. The Morgan fingerprint density at radius 1 is 1.06 bits per heavy atom. The molecule has 0 aromatic rings. The van der Waals surface area contributed by atoms with Crippen LogP contribution >= 0.6 is 0 Å². The summed E-state index contributed by atoms with van der Waals surface area (Å²) < 4.78 is 5.61. The summed E-state index contributed by atoms with van der Waals surface area (Å²) in [6.45, 7) is 12.4. The number of carboxylic acid groups (broad SMARTS) is 1. The molecule has 0 spiro atoms. The molecule has 0 aromatic carbocycles. The highest BCUT2D eigenvalue weighted by atomic mass is 16.5. The zero-order chi connectivity index (χ0) is 25.4. The van der Waals surface area contributed by atoms with E-state index < -0.39 is 11.9 Å². The van der Waals surface area contributed by atoms with Gasteiger partial charge in [-0.2, -0.15) is 0 Å². The van der Waals surface area contributed by atoms with Gasteiger partial charge in [-0.3, -0.25) is 0 Å². The van der Waals surface area contributed by atoms with Crippen LogP contribution in [0.1, 0.15) is 105 Å². The van der Waals surface area contributed by atoms with E-state index in [-0.39, 0.29) is 11.5 Å². The van der Waals surface area contributed by atoms with Crippen LogP contribution in [-0.2, 0) is 14.3 Å². The van der Waals surface area contributed by atoms with Gasteiger partial charge >= 0.3 is 11.9 Å². The predicted molar refractivity (Wildman–Crippen MR) is 140 cm³/mol. The lowest BCUT2D eigenvalue weighted by Gasteiger charge is -2.58. The van der Waals surface area contributed by atoms with E-state index in [1.54, 1.807) is 0 Å². The van der Waals surface area contributed by atoms with Crippen molar-refractivity contribution in [2.75, 3.05) is 0 Å². The number of aliphatic carboxylic acids is 1. The van der Waals surface area contributed by atoms with Crippen molar-refractivity contribution in [2.24, 2.45) is 46.3 Å². The Kier molecular flexibility index (Phi) is 7.88. The van der Waals surface area contributed by atoms with Gasteiger partial charge in [-0.15, -0.1) is 0 Å². The maximum absolute atomic E-state index is 12.0. The number of hydrogen-bond acceptors (Lipinski definition) is 3. The molecule has 0 unspecified atom stereocenters. The summed E-state index contributed by atoms with van der Waals surface area (Å²) in [5.74, 6) is 3.27. The minimum absolute atomic E-state index is 0.131. The first-order valence-corrected chi connectivity index (χ1v) is 14.4. The molecule has 4 heteroatoms. The van der Waals surface area contributed by atoms with Gasteiger partial charge in [0.05, 0.1) is 0 Å². The molecule has 3 fully saturated rings. The molecule has 4 nitrogen and oxygen atoms in total. The van der Waals surface area contributed by atoms with Gasteiger partial charge in [0.2, 0.25) is 0 Å². The summed E-state index contributed by atoms with van der Waals surface area (Å²) in [6.07, 6.45) is 17.9. The predicted octanol–water partition coefficient (Wildman–Crippen LogP) is 7.58. The lowest BCUT2D eigenvalue weighted by molar-refractivity contribution is -0.146. The molecule has 0 radical (unpaired) electrons. The molecule has 8 atom stereocenters. The highest BCUT2D eigenvalue weighted by Crippen LogP contribution is 2.67. The lowest BCUT2D eigenvalue weighted by atomic mass is 9.47. The number of esters is 1. The second-order valence-electron chi connectivity index (χ2n) is 13.3. The Bertz CT molecular complexity index is 856. The first-order valence-electron chi connectivity index (χ1n) is 14.4. The average Bonchev–Trinajstić information content (AvgIpc) is 3.15. The third-order valence-electron chi connectivity index (χ3n) is 10.9. The SMILES string of the molecule is CC(C)CCC[C@@H](C)[C@H]1CC[C@H]2[C@@H]3CC=C4C[C@@H](OC(=O)C=CC(=O)O)CC[C@]4(C)[C@H]3CC[C@]12C. The molecule has 0 saturated heterocycles. The van der Waals surface area contributed by atoms with E-state index in [9.17, 15) is 9.59 Å². The summed E-state index contributed by atoms with van der Waals surface area (Å²) >= 11 is 0. The van der Waals surface area contributed by atoms with Gasteiger partial charge in [-0.05, 0) is 91.3 Å². The molecule has 3 saturated carbocycles. The van der Waals surface area contributed by atoms with E-state index in [1.165, 1.54) is 56.9 Å². The van der Waals surface area contributed by atoms with E-state index >= 15 is 0 Å². The molecular weight excluding hydrogens is 436 g/mol. The molecule has 1 N–H and O–H groups in total. The minimum Gasteiger partial charge on any atom is -0.478 e. The Morgan fingerprint density at radius 2 is 1.83 bits per heavy atom. The van der Waals surface area contributed by atoms with Gasteiger partial charge in [-0.1, -0.05) is 65.5 Å². The normalized spacial score (nSPS) is 39.5. The van der Waals surface area contributed by atoms with E-state index in [0.29, 0.717) is 5.41 Å². The molecule has 0 heterocycles. The topological polar surface area (TPSA) is 63.6 Å². The second kappa shape index (κ2) is 10.4. The number of carbonyl (C=O) groups is 2. The number of fused-ring (bicyclic) bond motifs is 5. The van der Waals surface area contributed by atoms with Crippen LogP contribution in [-0.4, -0.2) is 23.1 Å². The first-order chi connectivity index (χ1) is 16.5. The van der Waals surface area contributed by atoms with E-state index in [4.69, 9.17) is 9.84 Å². The third-order valence-corrected chi connectivity index (χ3v) is 10.9. The number of allylic oxidation sites excluding steroid dienone is 1. The van der Waals surface area contributed by atoms with Crippen molar-refractivity contribution >= 4 is 11.9 Å². The largest absolute Gasteiger partial charge is 0.478 e. The fourth-order valence-corrected chi connectivity index (χ4v) is 9.10. The zero-order valence-electron chi connectivity index (χ0n) is 22.7. The van der Waals surface area contributed by atoms with Crippen molar-refractivity contribution in [1.29, 1.82) is 0 Å². The molecule has 0 aromatic heterocycles. The quantitative estimate of drug-likeness (QED) is 0.219. The standard InChI is InChI=1S/C31H48O4/c1-20(2)7-6-8-21(3)25-11-12-26-24-10-9-22-19-23(35-29(34)14-13-28(32)33)15-17-30(22,4)27(24)16-18-31(25,26)5/h9,13-14,20-21,23-27H,6-8,10-12,15-19H2,1-5H3,(H,32,33)/t21-,23+,24+,25-,26+,27+,30+,31-/m1/s1. The number of rotatable bonds is 8. The van der Waals surface area contributed by atoms with Crippen LogP contribution in [0.4, 0.5) is 0 Å². The van der Waals surface area contributed by atoms with Crippen LogP contribution < -0.4 is 0 Å². The Morgan fingerprint density at radius 3 is 2.54 bits per heavy atom. The summed E-state index contributed by atoms with van der Waals surface area (Å²) in [5.41, 5.74) is 2.22. The van der Waals surface area contributed by atoms with Gasteiger partial charge < -0.3 is 9.84 Å². The number of ether oxygens (including phenoxy) is 1. The van der Waals surface area contributed by atoms with Crippen molar-refractivity contribution in [3.05, 3.63) is 23.8 Å². The Labute approximate surface area is 213 Å². The monoisotopic (exact) mass is 484 g/mol. The van der Waals surface area contributed by atoms with Crippen molar-refractivity contribution in [2.45, 2.75) is 111 Å². The summed E-state index contributed by atoms with van der Waals surface area (Å²) in [4.78, 5) is 22.7. The zero-order valence-corrected chi connectivity index (χ0v) is 22.7. The smallest absolute Gasteiger partial charge is 0.331 e. The first kappa shape index (κ1) is 26.5. The molecule has 4 aliphatic carbocycles. The van der Waals surface area contributed by atoms with Gasteiger partial charge in [0, 0.05) is 18.6 Å². The van der Waals surface area contributed by atoms with Crippen molar-refractivity contribution in [3.63, 3.8) is 0 Å². The number of carboxylic acids is 1. The maximum atomic E-state index is 12.0. The maximum Gasteiger partial charge on any atom is 0.331 e. The molecular formula is C31H48O4. The molecule has 0 aliphatic heterocycles. The molecule has 0 bridgehead atoms. The molecule has 4 aliphatic rings. The van der Waals surface area contributed by atoms with Crippen molar-refractivity contribution < 1.29 is 19.4 Å².